The normalized spacial score (nSPS) is 17.3. The average Bonchev–Trinajstić information content (AvgIpc) is 2.78. The zero-order valence-corrected chi connectivity index (χ0v) is 11.0. The Morgan fingerprint density at radius 2 is 2.17 bits per heavy atom. The van der Waals surface area contributed by atoms with E-state index in [2.05, 4.69) is 16.3 Å². The van der Waals surface area contributed by atoms with E-state index < -0.39 is 0 Å². The van der Waals surface area contributed by atoms with Crippen LogP contribution < -0.4 is 10.3 Å². The van der Waals surface area contributed by atoms with E-state index in [9.17, 15) is 4.79 Å². The van der Waals surface area contributed by atoms with Gasteiger partial charge in [0.25, 0.3) is 0 Å². The lowest BCUT2D eigenvalue weighted by Crippen LogP contribution is -2.44. The van der Waals surface area contributed by atoms with Crippen LogP contribution in [0.2, 0.25) is 0 Å². The zero-order valence-electron chi connectivity index (χ0n) is 10.1. The summed E-state index contributed by atoms with van der Waals surface area (Å²) < 4.78 is 6.15. The van der Waals surface area contributed by atoms with Gasteiger partial charge in [0.2, 0.25) is 0 Å². The molecule has 18 heavy (non-hydrogen) atoms. The summed E-state index contributed by atoms with van der Waals surface area (Å²) in [6.07, 6.45) is 0.979. The molecule has 1 aliphatic heterocycles. The van der Waals surface area contributed by atoms with Crippen molar-refractivity contribution < 1.29 is 4.42 Å². The maximum Gasteiger partial charge on any atom is 0.396 e. The van der Waals surface area contributed by atoms with Gasteiger partial charge in [0.05, 0.1) is 4.70 Å². The molecule has 1 N–H and O–H groups in total. The summed E-state index contributed by atoms with van der Waals surface area (Å²) >= 11 is 1.21. The third-order valence-corrected chi connectivity index (χ3v) is 4.26. The lowest BCUT2D eigenvalue weighted by atomic mass is 10.1. The predicted octanol–water partition coefficient (Wildman–Crippen LogP) is 1.30. The monoisotopic (exact) mass is 264 g/mol. The molecular weight excluding hydrogens is 248 g/mol. The first-order chi connectivity index (χ1) is 8.83. The maximum atomic E-state index is 11.3. The molecule has 0 spiro atoms. The molecule has 0 saturated carbocycles. The van der Waals surface area contributed by atoms with Gasteiger partial charge in [-0.2, -0.15) is 0 Å². The van der Waals surface area contributed by atoms with Crippen LogP contribution in [0.25, 0.3) is 10.3 Å². The number of hydrogen-bond donors (Lipinski definition) is 1. The molecule has 1 aliphatic rings. The van der Waals surface area contributed by atoms with Gasteiger partial charge in [-0.05, 0) is 18.1 Å². The van der Waals surface area contributed by atoms with Gasteiger partial charge in [-0.15, -0.1) is 0 Å². The summed E-state index contributed by atoms with van der Waals surface area (Å²) in [6, 6.07) is 5.92. The van der Waals surface area contributed by atoms with Gasteiger partial charge in [0, 0.05) is 32.7 Å². The van der Waals surface area contributed by atoms with Gasteiger partial charge in [-0.3, -0.25) is 0 Å². The van der Waals surface area contributed by atoms with Crippen molar-refractivity contribution in [1.29, 1.82) is 0 Å². The SMILES string of the molecule is O=c1oc2cccc(CCN3CCNCC3)c2s1. The molecule has 0 amide bonds. The highest BCUT2D eigenvalue weighted by Crippen LogP contribution is 2.22. The number of nitrogens with one attached hydrogen (secondary N) is 1. The van der Waals surface area contributed by atoms with Gasteiger partial charge in [0.15, 0.2) is 0 Å². The molecule has 5 heteroatoms. The molecule has 0 radical (unpaired) electrons. The van der Waals surface area contributed by atoms with Crippen molar-refractivity contribution in [2.24, 2.45) is 0 Å². The largest absolute Gasteiger partial charge is 0.414 e. The Morgan fingerprint density at radius 3 is 3.00 bits per heavy atom. The van der Waals surface area contributed by atoms with Crippen LogP contribution >= 0.6 is 11.3 Å². The molecular formula is C13H16N2O2S. The number of nitrogens with zero attached hydrogens (tertiary/aromatic N) is 1. The lowest BCUT2D eigenvalue weighted by molar-refractivity contribution is 0.244. The molecule has 0 aliphatic carbocycles. The minimum atomic E-state index is -0.209. The molecule has 1 aromatic heterocycles. The van der Waals surface area contributed by atoms with Crippen LogP contribution in [0.1, 0.15) is 5.56 Å². The minimum absolute atomic E-state index is 0.209. The van der Waals surface area contributed by atoms with E-state index >= 15 is 0 Å². The molecule has 2 heterocycles. The van der Waals surface area contributed by atoms with Crippen molar-refractivity contribution in [2.75, 3.05) is 32.7 Å². The standard InChI is InChI=1S/C13H16N2O2S/c16-13-17-11-3-1-2-10(12(11)18-13)4-7-15-8-5-14-6-9-15/h1-3,14H,4-9H2. The van der Waals surface area contributed by atoms with E-state index in [0.717, 1.165) is 49.4 Å². The second-order valence-corrected chi connectivity index (χ2v) is 5.49. The van der Waals surface area contributed by atoms with Gasteiger partial charge in [-0.25, -0.2) is 4.79 Å². The first-order valence-corrected chi connectivity index (χ1v) is 7.09. The van der Waals surface area contributed by atoms with Crippen LogP contribution in [0.15, 0.2) is 27.4 Å². The van der Waals surface area contributed by atoms with Gasteiger partial charge in [-0.1, -0.05) is 23.5 Å². The van der Waals surface area contributed by atoms with Crippen LogP contribution in [0, 0.1) is 0 Å². The van der Waals surface area contributed by atoms with Crippen molar-refractivity contribution in [3.63, 3.8) is 0 Å². The van der Waals surface area contributed by atoms with Crippen LogP contribution in [-0.2, 0) is 6.42 Å². The highest BCUT2D eigenvalue weighted by Gasteiger charge is 2.11. The van der Waals surface area contributed by atoms with Gasteiger partial charge in [0.1, 0.15) is 5.58 Å². The average molecular weight is 264 g/mol. The molecule has 2 aromatic rings. The molecule has 1 fully saturated rings. The number of piperazine rings is 1. The Kier molecular flexibility index (Phi) is 3.45. The van der Waals surface area contributed by atoms with E-state index in [1.54, 1.807) is 0 Å². The lowest BCUT2D eigenvalue weighted by Gasteiger charge is -2.27. The summed E-state index contributed by atoms with van der Waals surface area (Å²) in [7, 11) is 0. The Morgan fingerprint density at radius 1 is 1.33 bits per heavy atom. The number of fused-ring (bicyclic) bond motifs is 1. The summed E-state index contributed by atoms with van der Waals surface area (Å²) in [6.45, 7) is 5.41. The maximum absolute atomic E-state index is 11.3. The van der Waals surface area contributed by atoms with E-state index in [1.807, 2.05) is 12.1 Å². The summed E-state index contributed by atoms with van der Waals surface area (Å²) in [5.74, 6) is 0. The van der Waals surface area contributed by atoms with Crippen molar-refractivity contribution in [2.45, 2.75) is 6.42 Å². The fourth-order valence-corrected chi connectivity index (χ4v) is 3.17. The second-order valence-electron chi connectivity index (χ2n) is 4.54. The Balaban J connectivity index is 1.75. The Labute approximate surface area is 109 Å². The quantitative estimate of drug-likeness (QED) is 0.907. The first kappa shape index (κ1) is 11.9. The number of benzene rings is 1. The second kappa shape index (κ2) is 5.22. The van der Waals surface area contributed by atoms with Crippen molar-refractivity contribution in [3.8, 4) is 0 Å². The summed E-state index contributed by atoms with van der Waals surface area (Å²) in [4.78, 5) is 13.5. The van der Waals surface area contributed by atoms with Crippen LogP contribution in [-0.4, -0.2) is 37.6 Å². The zero-order chi connectivity index (χ0) is 12.4. The van der Waals surface area contributed by atoms with Crippen LogP contribution in [0.3, 0.4) is 0 Å². The fourth-order valence-electron chi connectivity index (χ4n) is 2.36. The first-order valence-electron chi connectivity index (χ1n) is 6.27. The highest BCUT2D eigenvalue weighted by atomic mass is 32.1. The molecule has 1 aromatic carbocycles. The molecule has 0 atom stereocenters. The number of hydrogen-bond acceptors (Lipinski definition) is 5. The van der Waals surface area contributed by atoms with Crippen molar-refractivity contribution in [1.82, 2.24) is 10.2 Å². The Hall–Kier alpha value is -1.17. The smallest absolute Gasteiger partial charge is 0.396 e. The molecule has 1 saturated heterocycles. The van der Waals surface area contributed by atoms with Crippen molar-refractivity contribution in [3.05, 3.63) is 33.5 Å². The third kappa shape index (κ3) is 2.48. The fraction of sp³-hybridized carbons (Fsp3) is 0.462. The topological polar surface area (TPSA) is 45.5 Å². The van der Waals surface area contributed by atoms with Gasteiger partial charge < -0.3 is 14.6 Å². The van der Waals surface area contributed by atoms with Crippen LogP contribution in [0.4, 0.5) is 0 Å². The molecule has 96 valence electrons. The minimum Gasteiger partial charge on any atom is -0.414 e. The predicted molar refractivity (Wildman–Crippen MR) is 73.4 cm³/mol. The van der Waals surface area contributed by atoms with Crippen molar-refractivity contribution >= 4 is 21.6 Å². The number of rotatable bonds is 3. The summed E-state index contributed by atoms with van der Waals surface area (Å²) in [5.41, 5.74) is 1.95. The molecule has 3 rings (SSSR count). The molecule has 0 unspecified atom stereocenters. The van der Waals surface area contributed by atoms with E-state index in [0.29, 0.717) is 0 Å². The summed E-state index contributed by atoms with van der Waals surface area (Å²) in [5, 5.41) is 3.35. The van der Waals surface area contributed by atoms with E-state index in [4.69, 9.17) is 4.42 Å². The van der Waals surface area contributed by atoms with E-state index in [1.165, 1.54) is 16.9 Å². The highest BCUT2D eigenvalue weighted by molar-refractivity contribution is 7.16. The van der Waals surface area contributed by atoms with Gasteiger partial charge >= 0.3 is 4.94 Å². The molecule has 0 bridgehead atoms. The molecule has 4 nitrogen and oxygen atoms in total. The Bertz CT molecular complexity index is 584. The third-order valence-electron chi connectivity index (χ3n) is 3.35. The van der Waals surface area contributed by atoms with E-state index in [-0.39, 0.29) is 4.94 Å². The van der Waals surface area contributed by atoms with Crippen LogP contribution in [0.5, 0.6) is 0 Å².